The first kappa shape index (κ1) is 9.49. The van der Waals surface area contributed by atoms with E-state index in [9.17, 15) is 0 Å². The fraction of sp³-hybridized carbons (Fsp3) is 0.455. The third kappa shape index (κ3) is 1.74. The van der Waals surface area contributed by atoms with Gasteiger partial charge in [0.1, 0.15) is 5.75 Å². The van der Waals surface area contributed by atoms with Crippen LogP contribution in [-0.2, 0) is 0 Å². The van der Waals surface area contributed by atoms with E-state index in [-0.39, 0.29) is 6.04 Å². The number of ether oxygens (including phenoxy) is 1. The molecule has 1 aliphatic rings. The Morgan fingerprint density at radius 2 is 2.29 bits per heavy atom. The molecule has 14 heavy (non-hydrogen) atoms. The van der Waals surface area contributed by atoms with Crippen LogP contribution < -0.4 is 15.8 Å². The van der Waals surface area contributed by atoms with Crippen molar-refractivity contribution >= 4 is 0 Å². The van der Waals surface area contributed by atoms with E-state index in [1.165, 1.54) is 5.56 Å². The molecule has 0 aliphatic carbocycles. The fourth-order valence-electron chi connectivity index (χ4n) is 1.94. The van der Waals surface area contributed by atoms with Crippen LogP contribution in [0.3, 0.4) is 0 Å². The van der Waals surface area contributed by atoms with Crippen molar-refractivity contribution in [2.75, 3.05) is 20.2 Å². The van der Waals surface area contributed by atoms with Crippen LogP contribution in [-0.4, -0.2) is 26.2 Å². The molecule has 76 valence electrons. The molecule has 3 nitrogen and oxygen atoms in total. The molecule has 1 saturated heterocycles. The summed E-state index contributed by atoms with van der Waals surface area (Å²) in [6, 6.07) is 8.37. The Balaban J connectivity index is 2.22. The molecule has 3 heteroatoms. The minimum Gasteiger partial charge on any atom is -0.497 e. The minimum absolute atomic E-state index is 0.224. The quantitative estimate of drug-likeness (QED) is 0.725. The van der Waals surface area contributed by atoms with Crippen LogP contribution in [0.15, 0.2) is 24.3 Å². The number of benzene rings is 1. The van der Waals surface area contributed by atoms with Crippen molar-refractivity contribution in [2.45, 2.75) is 12.0 Å². The van der Waals surface area contributed by atoms with Crippen LogP contribution in [0.5, 0.6) is 5.75 Å². The maximum Gasteiger partial charge on any atom is 0.119 e. The minimum atomic E-state index is 0.224. The Kier molecular flexibility index (Phi) is 2.70. The Morgan fingerprint density at radius 3 is 2.93 bits per heavy atom. The lowest BCUT2D eigenvalue weighted by Crippen LogP contribution is -2.27. The largest absolute Gasteiger partial charge is 0.497 e. The van der Waals surface area contributed by atoms with Gasteiger partial charge in [0.05, 0.1) is 7.11 Å². The highest BCUT2D eigenvalue weighted by Gasteiger charge is 2.24. The van der Waals surface area contributed by atoms with Crippen molar-refractivity contribution in [1.82, 2.24) is 5.32 Å². The van der Waals surface area contributed by atoms with Crippen molar-refractivity contribution in [1.29, 1.82) is 0 Å². The van der Waals surface area contributed by atoms with E-state index < -0.39 is 0 Å². The van der Waals surface area contributed by atoms with Gasteiger partial charge in [-0.2, -0.15) is 0 Å². The van der Waals surface area contributed by atoms with Gasteiger partial charge in [-0.1, -0.05) is 12.1 Å². The fourth-order valence-corrected chi connectivity index (χ4v) is 1.94. The number of nitrogens with two attached hydrogens (primary N) is 1. The van der Waals surface area contributed by atoms with Gasteiger partial charge in [-0.3, -0.25) is 0 Å². The first-order valence-corrected chi connectivity index (χ1v) is 4.91. The highest BCUT2D eigenvalue weighted by molar-refractivity contribution is 5.32. The molecule has 3 N–H and O–H groups in total. The molecule has 0 bridgehead atoms. The van der Waals surface area contributed by atoms with Gasteiger partial charge in [-0.15, -0.1) is 0 Å². The summed E-state index contributed by atoms with van der Waals surface area (Å²) >= 11 is 0. The molecule has 0 spiro atoms. The first-order valence-electron chi connectivity index (χ1n) is 4.91. The van der Waals surface area contributed by atoms with Crippen LogP contribution in [0.25, 0.3) is 0 Å². The van der Waals surface area contributed by atoms with Gasteiger partial charge in [0.15, 0.2) is 0 Å². The molecule has 0 saturated carbocycles. The third-order valence-electron chi connectivity index (χ3n) is 2.78. The average Bonchev–Trinajstić information content (AvgIpc) is 2.65. The van der Waals surface area contributed by atoms with Gasteiger partial charge in [0, 0.05) is 25.0 Å². The maximum atomic E-state index is 6.00. The molecular weight excluding hydrogens is 176 g/mol. The lowest BCUT2D eigenvalue weighted by molar-refractivity contribution is 0.413. The molecule has 0 unspecified atom stereocenters. The predicted octanol–water partition coefficient (Wildman–Crippen LogP) is 0.709. The smallest absolute Gasteiger partial charge is 0.119 e. The average molecular weight is 192 g/mol. The molecule has 1 aromatic rings. The standard InChI is InChI=1S/C11H16N2O/c1-14-9-4-2-3-8(5-9)10-6-13-7-11(10)12/h2-5,10-11,13H,6-7,12H2,1H3/t10-,11-/m1/s1. The summed E-state index contributed by atoms with van der Waals surface area (Å²) in [5.41, 5.74) is 7.26. The SMILES string of the molecule is COc1cccc([C@H]2CNC[C@H]2N)c1. The van der Waals surface area contributed by atoms with E-state index in [2.05, 4.69) is 17.4 Å². The van der Waals surface area contributed by atoms with E-state index in [0.717, 1.165) is 18.8 Å². The van der Waals surface area contributed by atoms with E-state index in [1.807, 2.05) is 12.1 Å². The monoisotopic (exact) mass is 192 g/mol. The number of nitrogens with one attached hydrogen (secondary N) is 1. The number of hydrogen-bond acceptors (Lipinski definition) is 3. The summed E-state index contributed by atoms with van der Waals surface area (Å²) in [5, 5.41) is 3.29. The van der Waals surface area contributed by atoms with E-state index in [4.69, 9.17) is 10.5 Å². The Hall–Kier alpha value is -1.06. The Morgan fingerprint density at radius 1 is 1.43 bits per heavy atom. The first-order chi connectivity index (χ1) is 6.81. The molecule has 0 amide bonds. The van der Waals surface area contributed by atoms with Gasteiger partial charge in [-0.05, 0) is 17.7 Å². The zero-order valence-electron chi connectivity index (χ0n) is 8.36. The molecule has 1 heterocycles. The topological polar surface area (TPSA) is 47.3 Å². The molecular formula is C11H16N2O. The van der Waals surface area contributed by atoms with Gasteiger partial charge in [0.25, 0.3) is 0 Å². The second kappa shape index (κ2) is 3.98. The zero-order chi connectivity index (χ0) is 9.97. The molecule has 0 radical (unpaired) electrons. The summed E-state index contributed by atoms with van der Waals surface area (Å²) in [5.74, 6) is 1.33. The lowest BCUT2D eigenvalue weighted by Gasteiger charge is -2.15. The number of methoxy groups -OCH3 is 1. The maximum absolute atomic E-state index is 6.00. The van der Waals surface area contributed by atoms with E-state index >= 15 is 0 Å². The summed E-state index contributed by atoms with van der Waals surface area (Å²) in [7, 11) is 1.69. The van der Waals surface area contributed by atoms with Crippen LogP contribution in [0.4, 0.5) is 0 Å². The lowest BCUT2D eigenvalue weighted by atomic mass is 9.95. The van der Waals surface area contributed by atoms with Crippen LogP contribution in [0.1, 0.15) is 11.5 Å². The highest BCUT2D eigenvalue weighted by Crippen LogP contribution is 2.24. The highest BCUT2D eigenvalue weighted by atomic mass is 16.5. The second-order valence-electron chi connectivity index (χ2n) is 3.71. The van der Waals surface area contributed by atoms with Crippen molar-refractivity contribution in [3.63, 3.8) is 0 Å². The van der Waals surface area contributed by atoms with Crippen LogP contribution in [0.2, 0.25) is 0 Å². The van der Waals surface area contributed by atoms with Gasteiger partial charge in [-0.25, -0.2) is 0 Å². The number of hydrogen-bond donors (Lipinski definition) is 2. The zero-order valence-corrected chi connectivity index (χ0v) is 8.36. The van der Waals surface area contributed by atoms with Gasteiger partial charge >= 0.3 is 0 Å². The Bertz CT molecular complexity index is 314. The Labute approximate surface area is 84.3 Å². The molecule has 2 rings (SSSR count). The normalized spacial score (nSPS) is 26.4. The van der Waals surface area contributed by atoms with Gasteiger partial charge < -0.3 is 15.8 Å². The molecule has 1 aliphatic heterocycles. The van der Waals surface area contributed by atoms with Crippen molar-refractivity contribution in [3.05, 3.63) is 29.8 Å². The van der Waals surface area contributed by atoms with Crippen LogP contribution >= 0.6 is 0 Å². The van der Waals surface area contributed by atoms with E-state index in [1.54, 1.807) is 7.11 Å². The molecule has 2 atom stereocenters. The molecule has 1 fully saturated rings. The summed E-state index contributed by atoms with van der Waals surface area (Å²) in [6.45, 7) is 1.87. The molecule has 0 aromatic heterocycles. The summed E-state index contributed by atoms with van der Waals surface area (Å²) in [6.07, 6.45) is 0. The summed E-state index contributed by atoms with van der Waals surface area (Å²) < 4.78 is 5.19. The van der Waals surface area contributed by atoms with Crippen molar-refractivity contribution < 1.29 is 4.74 Å². The second-order valence-corrected chi connectivity index (χ2v) is 3.71. The number of rotatable bonds is 2. The third-order valence-corrected chi connectivity index (χ3v) is 2.78. The summed E-state index contributed by atoms with van der Waals surface area (Å²) in [4.78, 5) is 0. The van der Waals surface area contributed by atoms with E-state index in [0.29, 0.717) is 5.92 Å². The van der Waals surface area contributed by atoms with Crippen molar-refractivity contribution in [3.8, 4) is 5.75 Å². The predicted molar refractivity (Wildman–Crippen MR) is 56.6 cm³/mol. The van der Waals surface area contributed by atoms with Crippen LogP contribution in [0, 0.1) is 0 Å². The molecule has 1 aromatic carbocycles. The van der Waals surface area contributed by atoms with Crippen molar-refractivity contribution in [2.24, 2.45) is 5.73 Å². The van der Waals surface area contributed by atoms with Gasteiger partial charge in [0.2, 0.25) is 0 Å².